The van der Waals surface area contributed by atoms with Gasteiger partial charge in [-0.3, -0.25) is 14.4 Å². The Bertz CT molecular complexity index is 673. The summed E-state index contributed by atoms with van der Waals surface area (Å²) >= 11 is 0. The second kappa shape index (κ2) is 7.12. The van der Waals surface area contributed by atoms with Crippen molar-refractivity contribution >= 4 is 17.8 Å². The number of nitrogens with one attached hydrogen (secondary N) is 1. The van der Waals surface area contributed by atoms with Crippen molar-refractivity contribution < 1.29 is 32.7 Å². The molecule has 2 amide bonds. The van der Waals surface area contributed by atoms with Crippen LogP contribution in [0.5, 0.6) is 0 Å². The molecule has 9 heteroatoms. The van der Waals surface area contributed by atoms with Crippen LogP contribution in [-0.4, -0.2) is 41.4 Å². The highest BCUT2D eigenvalue weighted by atomic mass is 19.4. The molecule has 0 saturated carbocycles. The number of hydrogen-bond donors (Lipinski definition) is 2. The molecule has 136 valence electrons. The molecule has 1 aromatic rings. The fourth-order valence-corrected chi connectivity index (χ4v) is 2.85. The van der Waals surface area contributed by atoms with Gasteiger partial charge in [0.15, 0.2) is 0 Å². The first-order chi connectivity index (χ1) is 11.6. The van der Waals surface area contributed by atoms with Gasteiger partial charge in [-0.2, -0.15) is 13.2 Å². The van der Waals surface area contributed by atoms with Crippen LogP contribution in [0.25, 0.3) is 0 Å². The molecule has 0 spiro atoms. The monoisotopic (exact) mass is 358 g/mol. The molecule has 1 aliphatic rings. The van der Waals surface area contributed by atoms with E-state index in [4.69, 9.17) is 5.11 Å². The molecule has 2 rings (SSSR count). The second-order valence-corrected chi connectivity index (χ2v) is 5.81. The number of carbonyl (C=O) groups is 3. The number of benzene rings is 1. The van der Waals surface area contributed by atoms with Crippen LogP contribution in [0.1, 0.15) is 30.0 Å². The number of rotatable bonds is 5. The number of amides is 2. The Morgan fingerprint density at radius 3 is 2.40 bits per heavy atom. The van der Waals surface area contributed by atoms with Crippen LogP contribution in [0.15, 0.2) is 24.3 Å². The predicted molar refractivity (Wildman–Crippen MR) is 80.3 cm³/mol. The lowest BCUT2D eigenvalue weighted by Crippen LogP contribution is -2.35. The van der Waals surface area contributed by atoms with E-state index >= 15 is 0 Å². The summed E-state index contributed by atoms with van der Waals surface area (Å²) in [6, 6.07) is 3.62. The quantitative estimate of drug-likeness (QED) is 0.841. The smallest absolute Gasteiger partial charge is 0.416 e. The number of carboxylic acids is 1. The molecular formula is C16H17F3N2O4. The van der Waals surface area contributed by atoms with Crippen molar-refractivity contribution in [3.05, 3.63) is 35.4 Å². The van der Waals surface area contributed by atoms with Gasteiger partial charge < -0.3 is 15.3 Å². The number of nitrogens with zero attached hydrogens (tertiary/aromatic N) is 1. The third-order valence-electron chi connectivity index (χ3n) is 4.14. The SMILES string of the molecule is CN1C(=O)C[C@@H](C(=O)NCCC(=O)O)[C@@H]1c1ccc(C(F)(F)F)cc1. The van der Waals surface area contributed by atoms with Gasteiger partial charge in [-0.25, -0.2) is 0 Å². The van der Waals surface area contributed by atoms with Crippen LogP contribution in [-0.2, 0) is 20.6 Å². The first-order valence-electron chi connectivity index (χ1n) is 7.53. The van der Waals surface area contributed by atoms with E-state index in [0.29, 0.717) is 5.56 Å². The van der Waals surface area contributed by atoms with Crippen LogP contribution < -0.4 is 5.32 Å². The number of halogens is 3. The Morgan fingerprint density at radius 1 is 1.28 bits per heavy atom. The molecule has 0 bridgehead atoms. The minimum atomic E-state index is -4.47. The maximum atomic E-state index is 12.7. The zero-order valence-electron chi connectivity index (χ0n) is 13.3. The Kier molecular flexibility index (Phi) is 5.34. The number of carbonyl (C=O) groups excluding carboxylic acids is 2. The van der Waals surface area contributed by atoms with Gasteiger partial charge in [0.1, 0.15) is 0 Å². The van der Waals surface area contributed by atoms with Crippen LogP contribution in [0.2, 0.25) is 0 Å². The van der Waals surface area contributed by atoms with Crippen molar-refractivity contribution in [1.29, 1.82) is 0 Å². The summed E-state index contributed by atoms with van der Waals surface area (Å²) in [6.07, 6.45) is -4.81. The molecule has 2 atom stereocenters. The van der Waals surface area contributed by atoms with Gasteiger partial charge in [0.05, 0.1) is 23.9 Å². The number of likely N-dealkylation sites (tertiary alicyclic amines) is 1. The van der Waals surface area contributed by atoms with E-state index in [0.717, 1.165) is 12.1 Å². The Morgan fingerprint density at radius 2 is 1.88 bits per heavy atom. The van der Waals surface area contributed by atoms with Crippen molar-refractivity contribution in [3.63, 3.8) is 0 Å². The standard InChI is InChI=1S/C16H17F3N2O4/c1-21-12(22)8-11(15(25)20-7-6-13(23)24)14(21)9-2-4-10(5-3-9)16(17,18)19/h2-5,11,14H,6-8H2,1H3,(H,20,25)(H,23,24)/t11-,14+/m1/s1. The molecule has 0 radical (unpaired) electrons. The van der Waals surface area contributed by atoms with Crippen LogP contribution in [0, 0.1) is 5.92 Å². The highest BCUT2D eigenvalue weighted by molar-refractivity contribution is 5.90. The van der Waals surface area contributed by atoms with Gasteiger partial charge in [-0.15, -0.1) is 0 Å². The minimum absolute atomic E-state index is 0.0810. The average Bonchev–Trinajstić information content (AvgIpc) is 2.82. The van der Waals surface area contributed by atoms with Crippen molar-refractivity contribution in [3.8, 4) is 0 Å². The second-order valence-electron chi connectivity index (χ2n) is 5.81. The maximum absolute atomic E-state index is 12.7. The highest BCUT2D eigenvalue weighted by Crippen LogP contribution is 2.38. The number of aliphatic carboxylic acids is 1. The Balaban J connectivity index is 2.19. The van der Waals surface area contributed by atoms with E-state index in [1.807, 2.05) is 0 Å². The molecule has 1 aliphatic heterocycles. The molecule has 1 saturated heterocycles. The number of hydrogen-bond acceptors (Lipinski definition) is 3. The zero-order chi connectivity index (χ0) is 18.8. The normalized spacial score (nSPS) is 20.6. The molecule has 25 heavy (non-hydrogen) atoms. The summed E-state index contributed by atoms with van der Waals surface area (Å²) in [5.74, 6) is -2.66. The van der Waals surface area contributed by atoms with E-state index in [9.17, 15) is 27.6 Å². The van der Waals surface area contributed by atoms with Gasteiger partial charge in [0.25, 0.3) is 0 Å². The molecule has 1 fully saturated rings. The predicted octanol–water partition coefficient (Wildman–Crippen LogP) is 1.82. The van der Waals surface area contributed by atoms with Crippen LogP contribution in [0.3, 0.4) is 0 Å². The summed E-state index contributed by atoms with van der Waals surface area (Å²) in [7, 11) is 1.48. The van der Waals surface area contributed by atoms with Crippen molar-refractivity contribution in [2.75, 3.05) is 13.6 Å². The topological polar surface area (TPSA) is 86.7 Å². The van der Waals surface area contributed by atoms with Crippen molar-refractivity contribution in [2.24, 2.45) is 5.92 Å². The molecule has 0 aliphatic carbocycles. The fraction of sp³-hybridized carbons (Fsp3) is 0.438. The minimum Gasteiger partial charge on any atom is -0.481 e. The number of alkyl halides is 3. The fourth-order valence-electron chi connectivity index (χ4n) is 2.85. The average molecular weight is 358 g/mol. The van der Waals surface area contributed by atoms with E-state index in [1.54, 1.807) is 0 Å². The molecule has 1 heterocycles. The summed E-state index contributed by atoms with van der Waals surface area (Å²) in [5.41, 5.74) is -0.398. The van der Waals surface area contributed by atoms with Crippen LogP contribution in [0.4, 0.5) is 13.2 Å². The summed E-state index contributed by atoms with van der Waals surface area (Å²) in [4.78, 5) is 36.0. The summed E-state index contributed by atoms with van der Waals surface area (Å²) in [5, 5.41) is 11.0. The summed E-state index contributed by atoms with van der Waals surface area (Å²) < 4.78 is 38.0. The number of carboxylic acid groups (broad SMARTS) is 1. The lowest BCUT2D eigenvalue weighted by Gasteiger charge is -2.25. The first-order valence-corrected chi connectivity index (χ1v) is 7.53. The molecule has 2 N–H and O–H groups in total. The van der Waals surface area contributed by atoms with Gasteiger partial charge >= 0.3 is 12.1 Å². The maximum Gasteiger partial charge on any atom is 0.416 e. The van der Waals surface area contributed by atoms with Gasteiger partial charge in [0.2, 0.25) is 11.8 Å². The Labute approximate surface area is 141 Å². The van der Waals surface area contributed by atoms with Gasteiger partial charge in [-0.1, -0.05) is 12.1 Å². The lowest BCUT2D eigenvalue weighted by atomic mass is 9.92. The molecule has 6 nitrogen and oxygen atoms in total. The first kappa shape index (κ1) is 18.8. The van der Waals surface area contributed by atoms with Gasteiger partial charge in [0, 0.05) is 20.0 Å². The summed E-state index contributed by atoms with van der Waals surface area (Å²) in [6.45, 7) is -0.0810. The van der Waals surface area contributed by atoms with E-state index in [-0.39, 0.29) is 25.3 Å². The third-order valence-corrected chi connectivity index (χ3v) is 4.14. The van der Waals surface area contributed by atoms with Crippen LogP contribution >= 0.6 is 0 Å². The van der Waals surface area contributed by atoms with E-state index in [2.05, 4.69) is 5.32 Å². The molecular weight excluding hydrogens is 341 g/mol. The van der Waals surface area contributed by atoms with Crippen molar-refractivity contribution in [2.45, 2.75) is 25.1 Å². The largest absolute Gasteiger partial charge is 0.481 e. The molecule has 0 unspecified atom stereocenters. The molecule has 0 aromatic heterocycles. The van der Waals surface area contributed by atoms with E-state index in [1.165, 1.54) is 24.1 Å². The highest BCUT2D eigenvalue weighted by Gasteiger charge is 2.42. The molecule has 1 aromatic carbocycles. The van der Waals surface area contributed by atoms with Gasteiger partial charge in [-0.05, 0) is 17.7 Å². The Hall–Kier alpha value is -2.58. The zero-order valence-corrected chi connectivity index (χ0v) is 13.3. The van der Waals surface area contributed by atoms with E-state index < -0.39 is 35.6 Å². The lowest BCUT2D eigenvalue weighted by molar-refractivity contribution is -0.138. The van der Waals surface area contributed by atoms with Crippen molar-refractivity contribution in [1.82, 2.24) is 10.2 Å². The third kappa shape index (κ3) is 4.28.